The van der Waals surface area contributed by atoms with Crippen molar-refractivity contribution in [2.45, 2.75) is 33.7 Å². The van der Waals surface area contributed by atoms with Gasteiger partial charge in [-0.05, 0) is 57.0 Å². The maximum Gasteiger partial charge on any atom is 0.0641 e. The summed E-state index contributed by atoms with van der Waals surface area (Å²) < 4.78 is 0. The number of halogens is 2. The Balaban J connectivity index is 2.26. The first kappa shape index (κ1) is 14.7. The van der Waals surface area contributed by atoms with Crippen LogP contribution in [0.25, 0.3) is 0 Å². The van der Waals surface area contributed by atoms with E-state index in [2.05, 4.69) is 32.2 Å². The molecular weight excluding hydrogens is 297 g/mol. The zero-order valence-corrected chi connectivity index (χ0v) is 13.8. The van der Waals surface area contributed by atoms with Crippen LogP contribution in [0.1, 0.15) is 33.8 Å². The van der Waals surface area contributed by atoms with Crippen LogP contribution in [0.5, 0.6) is 0 Å². The topological polar surface area (TPSA) is 12.0 Å². The maximum absolute atomic E-state index is 6.26. The number of rotatable bonds is 3. The van der Waals surface area contributed by atoms with Crippen LogP contribution in [0, 0.1) is 20.8 Å². The second kappa shape index (κ2) is 5.74. The minimum Gasteiger partial charge on any atom is -0.377 e. The van der Waals surface area contributed by atoms with Crippen molar-refractivity contribution in [2.24, 2.45) is 0 Å². The average molecular weight is 314 g/mol. The number of anilines is 1. The van der Waals surface area contributed by atoms with Gasteiger partial charge < -0.3 is 5.32 Å². The molecular formula is C15H17Cl2NS. The van der Waals surface area contributed by atoms with E-state index in [0.717, 1.165) is 16.3 Å². The molecule has 0 amide bonds. The lowest BCUT2D eigenvalue weighted by Gasteiger charge is -2.17. The molecule has 2 rings (SSSR count). The third-order valence-corrected chi connectivity index (χ3v) is 4.87. The first-order valence-corrected chi connectivity index (χ1v) is 7.75. The predicted molar refractivity (Wildman–Crippen MR) is 87.0 cm³/mol. The fourth-order valence-corrected chi connectivity index (χ4v) is 3.61. The monoisotopic (exact) mass is 313 g/mol. The average Bonchev–Trinajstić information content (AvgIpc) is 2.65. The van der Waals surface area contributed by atoms with E-state index in [-0.39, 0.29) is 6.04 Å². The van der Waals surface area contributed by atoms with Crippen LogP contribution in [0.3, 0.4) is 0 Å². The smallest absolute Gasteiger partial charge is 0.0641 e. The van der Waals surface area contributed by atoms with Gasteiger partial charge in [0.15, 0.2) is 0 Å². The van der Waals surface area contributed by atoms with E-state index in [1.54, 1.807) is 0 Å². The van der Waals surface area contributed by atoms with Crippen molar-refractivity contribution in [3.05, 3.63) is 49.1 Å². The van der Waals surface area contributed by atoms with Crippen LogP contribution >= 0.6 is 34.5 Å². The molecule has 1 N–H and O–H groups in total. The fourth-order valence-electron chi connectivity index (χ4n) is 2.15. The Hall–Kier alpha value is -0.700. The summed E-state index contributed by atoms with van der Waals surface area (Å²) in [6, 6.07) is 6.22. The molecule has 1 atom stereocenters. The number of nitrogens with one attached hydrogen (secondary N) is 1. The van der Waals surface area contributed by atoms with Gasteiger partial charge in [0, 0.05) is 20.8 Å². The highest BCUT2D eigenvalue weighted by molar-refractivity contribution is 7.12. The van der Waals surface area contributed by atoms with Gasteiger partial charge in [-0.3, -0.25) is 0 Å². The van der Waals surface area contributed by atoms with Gasteiger partial charge in [-0.25, -0.2) is 0 Å². The molecule has 1 heterocycles. The Morgan fingerprint density at radius 1 is 1.05 bits per heavy atom. The Labute approximate surface area is 128 Å². The molecule has 0 radical (unpaired) electrons. The van der Waals surface area contributed by atoms with E-state index in [1.807, 2.05) is 30.4 Å². The van der Waals surface area contributed by atoms with Crippen LogP contribution in [-0.2, 0) is 0 Å². The van der Waals surface area contributed by atoms with Gasteiger partial charge in [-0.2, -0.15) is 0 Å². The Morgan fingerprint density at radius 2 is 1.74 bits per heavy atom. The molecule has 1 aromatic heterocycles. The first-order chi connectivity index (χ1) is 8.88. The van der Waals surface area contributed by atoms with E-state index in [1.165, 1.54) is 15.3 Å². The van der Waals surface area contributed by atoms with Crippen molar-refractivity contribution < 1.29 is 0 Å². The molecule has 0 aliphatic rings. The highest BCUT2D eigenvalue weighted by atomic mass is 35.5. The molecule has 4 heteroatoms. The van der Waals surface area contributed by atoms with Crippen LogP contribution in [-0.4, -0.2) is 0 Å². The van der Waals surface area contributed by atoms with E-state index in [9.17, 15) is 0 Å². The Kier molecular flexibility index (Phi) is 4.44. The summed E-state index contributed by atoms with van der Waals surface area (Å²) in [4.78, 5) is 2.67. The molecule has 0 aliphatic carbocycles. The molecule has 0 saturated heterocycles. The minimum absolute atomic E-state index is 0.209. The number of hydrogen-bond donors (Lipinski definition) is 1. The lowest BCUT2D eigenvalue weighted by molar-refractivity contribution is 0.881. The molecule has 1 aromatic carbocycles. The Bertz CT molecular complexity index is 604. The van der Waals surface area contributed by atoms with E-state index >= 15 is 0 Å². The number of hydrogen-bond acceptors (Lipinski definition) is 2. The van der Waals surface area contributed by atoms with E-state index < -0.39 is 0 Å². The standard InChI is InChI=1S/C15H17Cl2NS/c1-8-5-14(17)15(7-13(8)16)18-10(3)12-6-9(2)19-11(12)4/h5-7,10,18H,1-4H3. The summed E-state index contributed by atoms with van der Waals surface area (Å²) in [5, 5.41) is 4.88. The summed E-state index contributed by atoms with van der Waals surface area (Å²) in [5.41, 5.74) is 3.19. The minimum atomic E-state index is 0.209. The van der Waals surface area contributed by atoms with Crippen LogP contribution < -0.4 is 5.32 Å². The highest BCUT2D eigenvalue weighted by Gasteiger charge is 2.13. The van der Waals surface area contributed by atoms with Gasteiger partial charge in [-0.15, -0.1) is 11.3 Å². The van der Waals surface area contributed by atoms with Crippen LogP contribution in [0.2, 0.25) is 10.0 Å². The second-order valence-electron chi connectivity index (χ2n) is 4.82. The summed E-state index contributed by atoms with van der Waals surface area (Å²) in [5.74, 6) is 0. The lowest BCUT2D eigenvalue weighted by atomic mass is 10.1. The maximum atomic E-state index is 6.26. The quantitative estimate of drug-likeness (QED) is 0.716. The molecule has 1 nitrogen and oxygen atoms in total. The van der Waals surface area contributed by atoms with Crippen LogP contribution in [0.15, 0.2) is 18.2 Å². The van der Waals surface area contributed by atoms with Gasteiger partial charge in [-0.1, -0.05) is 23.2 Å². The third kappa shape index (κ3) is 3.25. The van der Waals surface area contributed by atoms with E-state index in [4.69, 9.17) is 23.2 Å². The second-order valence-corrected chi connectivity index (χ2v) is 7.09. The summed E-state index contributed by atoms with van der Waals surface area (Å²) in [7, 11) is 0. The number of thiophene rings is 1. The van der Waals surface area contributed by atoms with Gasteiger partial charge in [0.1, 0.15) is 0 Å². The highest BCUT2D eigenvalue weighted by Crippen LogP contribution is 2.33. The van der Waals surface area contributed by atoms with Crippen molar-refractivity contribution in [2.75, 3.05) is 5.32 Å². The molecule has 2 aromatic rings. The third-order valence-electron chi connectivity index (χ3n) is 3.17. The van der Waals surface area contributed by atoms with Crippen LogP contribution in [0.4, 0.5) is 5.69 Å². The van der Waals surface area contributed by atoms with E-state index in [0.29, 0.717) is 5.02 Å². The van der Waals surface area contributed by atoms with Crippen molar-refractivity contribution in [1.82, 2.24) is 0 Å². The largest absolute Gasteiger partial charge is 0.377 e. The summed E-state index contributed by atoms with van der Waals surface area (Å²) >= 11 is 14.2. The lowest BCUT2D eigenvalue weighted by Crippen LogP contribution is -2.07. The van der Waals surface area contributed by atoms with Gasteiger partial charge in [0.05, 0.1) is 10.7 Å². The number of benzene rings is 1. The summed E-state index contributed by atoms with van der Waals surface area (Å²) in [6.07, 6.45) is 0. The zero-order chi connectivity index (χ0) is 14.2. The van der Waals surface area contributed by atoms with Crippen molar-refractivity contribution in [3.8, 4) is 0 Å². The molecule has 0 spiro atoms. The first-order valence-electron chi connectivity index (χ1n) is 6.17. The SMILES string of the molecule is Cc1cc(C(C)Nc2cc(Cl)c(C)cc2Cl)c(C)s1. The molecule has 0 aliphatic heterocycles. The van der Waals surface area contributed by atoms with Gasteiger partial charge >= 0.3 is 0 Å². The molecule has 0 bridgehead atoms. The predicted octanol–water partition coefficient (Wildman–Crippen LogP) is 6.15. The van der Waals surface area contributed by atoms with Gasteiger partial charge in [0.2, 0.25) is 0 Å². The van der Waals surface area contributed by atoms with Crippen molar-refractivity contribution in [1.29, 1.82) is 0 Å². The zero-order valence-electron chi connectivity index (χ0n) is 11.5. The normalized spacial score (nSPS) is 12.5. The number of aryl methyl sites for hydroxylation is 3. The molecule has 0 fully saturated rings. The van der Waals surface area contributed by atoms with Crippen molar-refractivity contribution >= 4 is 40.2 Å². The molecule has 1 unspecified atom stereocenters. The van der Waals surface area contributed by atoms with Gasteiger partial charge in [0.25, 0.3) is 0 Å². The molecule has 0 saturated carbocycles. The molecule has 19 heavy (non-hydrogen) atoms. The van der Waals surface area contributed by atoms with Crippen molar-refractivity contribution in [3.63, 3.8) is 0 Å². The summed E-state index contributed by atoms with van der Waals surface area (Å²) in [6.45, 7) is 8.37. The Morgan fingerprint density at radius 3 is 2.32 bits per heavy atom. The molecule has 102 valence electrons. The fraction of sp³-hybridized carbons (Fsp3) is 0.333.